The van der Waals surface area contributed by atoms with E-state index in [0.29, 0.717) is 5.69 Å². The summed E-state index contributed by atoms with van der Waals surface area (Å²) >= 11 is 8.97. The molecule has 2 aromatic heterocycles. The van der Waals surface area contributed by atoms with Crippen LogP contribution in [0.2, 0.25) is 4.34 Å². The fourth-order valence-electron chi connectivity index (χ4n) is 3.09. The molecule has 3 heterocycles. The molecule has 6 heteroatoms. The quantitative estimate of drug-likeness (QED) is 0.606. The van der Waals surface area contributed by atoms with Gasteiger partial charge in [0, 0.05) is 11.9 Å². The second-order valence-electron chi connectivity index (χ2n) is 5.71. The third-order valence-electron chi connectivity index (χ3n) is 4.21. The largest absolute Gasteiger partial charge is 0.330 e. The molecule has 0 aliphatic carbocycles. The average Bonchev–Trinajstić information content (AvgIpc) is 3.35. The van der Waals surface area contributed by atoms with Gasteiger partial charge in [-0.2, -0.15) is 0 Å². The number of likely N-dealkylation sites (tertiary alicyclic amines) is 1. The molecule has 1 saturated heterocycles. The van der Waals surface area contributed by atoms with Crippen LogP contribution in [-0.4, -0.2) is 22.3 Å². The fourth-order valence-corrected chi connectivity index (χ4v) is 5.00. The van der Waals surface area contributed by atoms with Crippen LogP contribution in [0.25, 0.3) is 9.88 Å². The van der Waals surface area contributed by atoms with Crippen molar-refractivity contribution in [1.82, 2.24) is 9.88 Å². The SMILES string of the molecule is O=C(c1csc(-c2ccc(Cl)s2)n1)N1CCC[C@H]1c1ccccc1. The third-order valence-corrected chi connectivity index (χ3v) is 6.45. The summed E-state index contributed by atoms with van der Waals surface area (Å²) in [4.78, 5) is 20.4. The van der Waals surface area contributed by atoms with E-state index in [1.807, 2.05) is 40.6 Å². The van der Waals surface area contributed by atoms with Gasteiger partial charge in [-0.25, -0.2) is 4.98 Å². The molecule has 0 unspecified atom stereocenters. The van der Waals surface area contributed by atoms with Crippen LogP contribution in [0, 0.1) is 0 Å². The Morgan fingerprint density at radius 3 is 2.79 bits per heavy atom. The fraction of sp³-hybridized carbons (Fsp3) is 0.222. The lowest BCUT2D eigenvalue weighted by Crippen LogP contribution is -2.30. The Hall–Kier alpha value is -1.69. The van der Waals surface area contributed by atoms with Crippen LogP contribution in [0.1, 0.15) is 34.9 Å². The van der Waals surface area contributed by atoms with Crippen LogP contribution in [-0.2, 0) is 0 Å². The van der Waals surface area contributed by atoms with Crippen LogP contribution in [0.3, 0.4) is 0 Å². The van der Waals surface area contributed by atoms with Crippen molar-refractivity contribution in [3.05, 3.63) is 63.4 Å². The lowest BCUT2D eigenvalue weighted by atomic mass is 10.0. The molecule has 1 aliphatic heterocycles. The number of nitrogens with zero attached hydrogens (tertiary/aromatic N) is 2. The predicted molar refractivity (Wildman–Crippen MR) is 99.9 cm³/mol. The summed E-state index contributed by atoms with van der Waals surface area (Å²) in [6.07, 6.45) is 2.04. The maximum absolute atomic E-state index is 12.9. The number of aromatic nitrogens is 1. The monoisotopic (exact) mass is 374 g/mol. The van der Waals surface area contributed by atoms with Crippen LogP contribution in [0.4, 0.5) is 0 Å². The number of carbonyl (C=O) groups is 1. The first kappa shape index (κ1) is 15.8. The first-order valence-electron chi connectivity index (χ1n) is 7.79. The van der Waals surface area contributed by atoms with Gasteiger partial charge < -0.3 is 4.90 Å². The van der Waals surface area contributed by atoms with Crippen molar-refractivity contribution in [1.29, 1.82) is 0 Å². The summed E-state index contributed by atoms with van der Waals surface area (Å²) in [6, 6.07) is 14.2. The van der Waals surface area contributed by atoms with E-state index >= 15 is 0 Å². The van der Waals surface area contributed by atoms with Crippen LogP contribution in [0.15, 0.2) is 47.8 Å². The highest BCUT2D eigenvalue weighted by atomic mass is 35.5. The molecule has 3 nitrogen and oxygen atoms in total. The van der Waals surface area contributed by atoms with Gasteiger partial charge in [0.1, 0.15) is 10.7 Å². The van der Waals surface area contributed by atoms with E-state index in [1.165, 1.54) is 28.2 Å². The zero-order valence-electron chi connectivity index (χ0n) is 12.8. The molecule has 0 saturated carbocycles. The number of thiazole rings is 1. The third kappa shape index (κ3) is 2.99. The normalized spacial score (nSPS) is 17.4. The van der Waals surface area contributed by atoms with E-state index in [9.17, 15) is 4.79 Å². The number of hydrogen-bond acceptors (Lipinski definition) is 4. The number of benzene rings is 1. The Labute approximate surface area is 153 Å². The minimum Gasteiger partial charge on any atom is -0.330 e. The number of thiophene rings is 1. The summed E-state index contributed by atoms with van der Waals surface area (Å²) in [6.45, 7) is 0.788. The molecule has 1 atom stereocenters. The second-order valence-corrected chi connectivity index (χ2v) is 8.28. The molecule has 1 fully saturated rings. The van der Waals surface area contributed by atoms with Gasteiger partial charge in [-0.05, 0) is 30.5 Å². The Balaban J connectivity index is 1.58. The van der Waals surface area contributed by atoms with Crippen LogP contribution < -0.4 is 0 Å². The van der Waals surface area contributed by atoms with Gasteiger partial charge in [-0.3, -0.25) is 4.79 Å². The van der Waals surface area contributed by atoms with E-state index in [1.54, 1.807) is 0 Å². The molecule has 1 aromatic carbocycles. The van der Waals surface area contributed by atoms with Gasteiger partial charge in [-0.15, -0.1) is 22.7 Å². The summed E-state index contributed by atoms with van der Waals surface area (Å²) in [7, 11) is 0. The highest BCUT2D eigenvalue weighted by Gasteiger charge is 2.31. The van der Waals surface area contributed by atoms with E-state index in [-0.39, 0.29) is 11.9 Å². The van der Waals surface area contributed by atoms with Crippen molar-refractivity contribution >= 4 is 40.2 Å². The van der Waals surface area contributed by atoms with E-state index in [2.05, 4.69) is 17.1 Å². The number of hydrogen-bond donors (Lipinski definition) is 0. The Morgan fingerprint density at radius 2 is 2.04 bits per heavy atom. The van der Waals surface area contributed by atoms with E-state index in [0.717, 1.165) is 33.6 Å². The van der Waals surface area contributed by atoms with Crippen molar-refractivity contribution in [2.45, 2.75) is 18.9 Å². The lowest BCUT2D eigenvalue weighted by Gasteiger charge is -2.24. The molecule has 122 valence electrons. The smallest absolute Gasteiger partial charge is 0.273 e. The summed E-state index contributed by atoms with van der Waals surface area (Å²) in [5.74, 6) is 0.0199. The highest BCUT2D eigenvalue weighted by Crippen LogP contribution is 2.35. The molecule has 1 aliphatic rings. The van der Waals surface area contributed by atoms with Crippen molar-refractivity contribution < 1.29 is 4.79 Å². The molecule has 0 radical (unpaired) electrons. The zero-order chi connectivity index (χ0) is 16.5. The number of amides is 1. The minimum atomic E-state index is 0.0199. The topological polar surface area (TPSA) is 33.2 Å². The number of rotatable bonds is 3. The summed E-state index contributed by atoms with van der Waals surface area (Å²) in [5, 5.41) is 2.71. The van der Waals surface area contributed by atoms with Gasteiger partial charge in [0.15, 0.2) is 0 Å². The molecule has 4 rings (SSSR count). The molecule has 1 amide bonds. The van der Waals surface area contributed by atoms with Gasteiger partial charge in [0.2, 0.25) is 0 Å². The van der Waals surface area contributed by atoms with Crippen molar-refractivity contribution in [2.75, 3.05) is 6.54 Å². The Kier molecular flexibility index (Phi) is 4.39. The molecule has 3 aromatic rings. The standard InChI is InChI=1S/C18H15ClN2OS2/c19-16-9-8-15(24-16)17-20-13(11-23-17)18(22)21-10-4-7-14(21)12-5-2-1-3-6-12/h1-3,5-6,8-9,11,14H,4,7,10H2/t14-/m0/s1. The van der Waals surface area contributed by atoms with E-state index in [4.69, 9.17) is 11.6 Å². The van der Waals surface area contributed by atoms with Gasteiger partial charge in [0.25, 0.3) is 5.91 Å². The second kappa shape index (κ2) is 6.67. The molecular formula is C18H15ClN2OS2. The zero-order valence-corrected chi connectivity index (χ0v) is 15.2. The maximum atomic E-state index is 12.9. The van der Waals surface area contributed by atoms with Crippen LogP contribution in [0.5, 0.6) is 0 Å². The maximum Gasteiger partial charge on any atom is 0.273 e. The molecule has 0 spiro atoms. The first-order valence-corrected chi connectivity index (χ1v) is 9.87. The molecule has 0 N–H and O–H groups in total. The molecule has 0 bridgehead atoms. The Bertz CT molecular complexity index is 859. The first-order chi connectivity index (χ1) is 11.7. The number of carbonyl (C=O) groups excluding carboxylic acids is 1. The van der Waals surface area contributed by atoms with E-state index < -0.39 is 0 Å². The minimum absolute atomic E-state index is 0.0199. The average molecular weight is 375 g/mol. The van der Waals surface area contributed by atoms with Gasteiger partial charge >= 0.3 is 0 Å². The predicted octanol–water partition coefficient (Wildman–Crippen LogP) is 5.50. The van der Waals surface area contributed by atoms with Crippen molar-refractivity contribution in [2.24, 2.45) is 0 Å². The van der Waals surface area contributed by atoms with Gasteiger partial charge in [-0.1, -0.05) is 41.9 Å². The summed E-state index contributed by atoms with van der Waals surface area (Å²) < 4.78 is 0.733. The van der Waals surface area contributed by atoms with Crippen molar-refractivity contribution in [3.63, 3.8) is 0 Å². The summed E-state index contributed by atoms with van der Waals surface area (Å²) in [5.41, 5.74) is 1.73. The Morgan fingerprint density at radius 1 is 1.21 bits per heavy atom. The van der Waals surface area contributed by atoms with Crippen molar-refractivity contribution in [3.8, 4) is 9.88 Å². The van der Waals surface area contributed by atoms with Gasteiger partial charge in [0.05, 0.1) is 15.3 Å². The molecular weight excluding hydrogens is 360 g/mol. The highest BCUT2D eigenvalue weighted by molar-refractivity contribution is 7.23. The lowest BCUT2D eigenvalue weighted by molar-refractivity contribution is 0.0730. The number of halogens is 1. The van der Waals surface area contributed by atoms with Crippen LogP contribution >= 0.6 is 34.3 Å². The molecule has 24 heavy (non-hydrogen) atoms.